The quantitative estimate of drug-likeness (QED) is 0.277. The minimum Gasteiger partial charge on any atom is -0.508 e. The lowest BCUT2D eigenvalue weighted by atomic mass is 9.36. The maximum Gasteiger partial charge on any atom is 0.119 e. The normalized spacial score (nSPS) is 32.5. The molecule has 7 saturated carbocycles. The third-order valence-electron chi connectivity index (χ3n) is 15.4. The number of phenols is 2. The molecule has 0 saturated heterocycles. The SMILES string of the molecule is Cc1ccc(C23CC4CC(c5ccc(O)c(C6CCCCC6)c5)(C2)CC(c2ccc(O)c(C5CCCCC5)c2)(C4)C3)cc1C1CCCCC1. The molecule has 3 aromatic rings. The molecule has 2 N–H and O–H groups in total. The molecule has 2 nitrogen and oxygen atoms in total. The molecule has 0 amide bonds. The number of hydrogen-bond donors (Lipinski definition) is 2. The van der Waals surface area contributed by atoms with Crippen LogP contribution >= 0.6 is 0 Å². The van der Waals surface area contributed by atoms with E-state index in [9.17, 15) is 10.2 Å². The highest BCUT2D eigenvalue weighted by Crippen LogP contribution is 2.71. The fourth-order valence-corrected chi connectivity index (χ4v) is 13.5. The Hall–Kier alpha value is -2.74. The molecule has 7 aliphatic rings. The van der Waals surface area contributed by atoms with Gasteiger partial charge in [0.15, 0.2) is 0 Å². The van der Waals surface area contributed by atoms with Crippen molar-refractivity contribution in [2.24, 2.45) is 5.92 Å². The van der Waals surface area contributed by atoms with Crippen molar-refractivity contribution in [3.63, 3.8) is 0 Å². The molecule has 10 rings (SSSR count). The molecule has 0 radical (unpaired) electrons. The summed E-state index contributed by atoms with van der Waals surface area (Å²) in [6, 6.07) is 21.6. The molecule has 49 heavy (non-hydrogen) atoms. The highest BCUT2D eigenvalue weighted by Gasteiger charge is 2.64. The van der Waals surface area contributed by atoms with Gasteiger partial charge in [0, 0.05) is 0 Å². The fraction of sp³-hybridized carbons (Fsp3) is 0.617. The molecule has 2 unspecified atom stereocenters. The Balaban J connectivity index is 1.18. The van der Waals surface area contributed by atoms with Gasteiger partial charge in [0.2, 0.25) is 0 Å². The molecular formula is C47H60O2. The summed E-state index contributed by atoms with van der Waals surface area (Å²) >= 11 is 0. The summed E-state index contributed by atoms with van der Waals surface area (Å²) in [7, 11) is 0. The van der Waals surface area contributed by atoms with Crippen LogP contribution in [0.3, 0.4) is 0 Å². The molecule has 0 heterocycles. The van der Waals surface area contributed by atoms with Crippen LogP contribution in [0.2, 0.25) is 0 Å². The number of hydrogen-bond acceptors (Lipinski definition) is 2. The Morgan fingerprint density at radius 3 is 1.20 bits per heavy atom. The van der Waals surface area contributed by atoms with Crippen molar-refractivity contribution in [1.82, 2.24) is 0 Å². The first-order chi connectivity index (χ1) is 23.9. The summed E-state index contributed by atoms with van der Waals surface area (Å²) in [6.07, 6.45) is 27.0. The van der Waals surface area contributed by atoms with E-state index in [0.29, 0.717) is 29.3 Å². The summed E-state index contributed by atoms with van der Waals surface area (Å²) in [5.74, 6) is 3.45. The van der Waals surface area contributed by atoms with Gasteiger partial charge >= 0.3 is 0 Å². The van der Waals surface area contributed by atoms with Crippen molar-refractivity contribution in [1.29, 1.82) is 0 Å². The van der Waals surface area contributed by atoms with Gasteiger partial charge in [0.25, 0.3) is 0 Å². The molecule has 2 heteroatoms. The Morgan fingerprint density at radius 1 is 0.449 bits per heavy atom. The number of aromatic hydroxyl groups is 2. The van der Waals surface area contributed by atoms with E-state index < -0.39 is 0 Å². The van der Waals surface area contributed by atoms with Crippen LogP contribution < -0.4 is 0 Å². The summed E-state index contributed by atoms with van der Waals surface area (Å²) in [5.41, 5.74) is 10.6. The number of aryl methyl sites for hydroxylation is 1. The first kappa shape index (κ1) is 32.2. The van der Waals surface area contributed by atoms with Gasteiger partial charge in [-0.1, -0.05) is 100 Å². The van der Waals surface area contributed by atoms with Crippen LogP contribution in [0, 0.1) is 12.8 Å². The van der Waals surface area contributed by atoms with E-state index in [1.54, 1.807) is 11.1 Å². The van der Waals surface area contributed by atoms with Gasteiger partial charge in [0.1, 0.15) is 11.5 Å². The first-order valence-corrected chi connectivity index (χ1v) is 20.6. The molecule has 7 fully saturated rings. The zero-order chi connectivity index (χ0) is 33.2. The Bertz CT molecular complexity index is 1480. The standard InChI is InChI=1S/C47H60O2/c1-32-17-18-37(23-40(32)34-11-5-2-6-12-34)45-26-33-27-46(29-45,38-19-21-43(48)41(24-38)35-13-7-3-8-14-35)31-47(28-33,30-45)39-20-22-44(49)42(25-39)36-15-9-4-10-16-36/h17-25,33-36,48-49H,2-16,26-31H2,1H3. The Morgan fingerprint density at radius 2 is 0.796 bits per heavy atom. The van der Waals surface area contributed by atoms with Crippen molar-refractivity contribution >= 4 is 0 Å². The molecule has 0 aliphatic heterocycles. The largest absolute Gasteiger partial charge is 0.508 e. The Kier molecular flexibility index (Phi) is 8.20. The van der Waals surface area contributed by atoms with Gasteiger partial charge in [-0.15, -0.1) is 0 Å². The van der Waals surface area contributed by atoms with Crippen LogP contribution in [-0.2, 0) is 16.2 Å². The Labute approximate surface area is 296 Å². The van der Waals surface area contributed by atoms with Crippen LogP contribution in [0.1, 0.15) is 192 Å². The van der Waals surface area contributed by atoms with Crippen LogP contribution in [0.25, 0.3) is 0 Å². The van der Waals surface area contributed by atoms with E-state index >= 15 is 0 Å². The second kappa shape index (κ2) is 12.5. The molecule has 7 aliphatic carbocycles. The summed E-state index contributed by atoms with van der Waals surface area (Å²) < 4.78 is 0. The molecular weight excluding hydrogens is 597 g/mol. The van der Waals surface area contributed by atoms with Crippen molar-refractivity contribution in [2.45, 2.75) is 176 Å². The molecule has 4 bridgehead atoms. The predicted molar refractivity (Wildman–Crippen MR) is 201 cm³/mol. The molecule has 0 aromatic heterocycles. The van der Waals surface area contributed by atoms with Crippen LogP contribution in [-0.4, -0.2) is 10.2 Å². The summed E-state index contributed by atoms with van der Waals surface area (Å²) in [6.45, 7) is 2.36. The number of benzene rings is 3. The van der Waals surface area contributed by atoms with E-state index in [1.807, 2.05) is 0 Å². The van der Waals surface area contributed by atoms with E-state index in [-0.39, 0.29) is 16.2 Å². The van der Waals surface area contributed by atoms with Gasteiger partial charge in [-0.3, -0.25) is 0 Å². The maximum absolute atomic E-state index is 11.3. The van der Waals surface area contributed by atoms with Crippen molar-refractivity contribution < 1.29 is 10.2 Å². The highest BCUT2D eigenvalue weighted by molar-refractivity contribution is 5.50. The second-order valence-corrected chi connectivity index (χ2v) is 18.5. The third-order valence-corrected chi connectivity index (χ3v) is 15.4. The van der Waals surface area contributed by atoms with Gasteiger partial charge < -0.3 is 10.2 Å². The van der Waals surface area contributed by atoms with E-state index in [0.717, 1.165) is 5.92 Å². The summed E-state index contributed by atoms with van der Waals surface area (Å²) in [5, 5.41) is 22.5. The van der Waals surface area contributed by atoms with E-state index in [1.165, 1.54) is 163 Å². The van der Waals surface area contributed by atoms with Crippen molar-refractivity contribution in [3.8, 4) is 11.5 Å². The van der Waals surface area contributed by atoms with Crippen molar-refractivity contribution in [2.75, 3.05) is 0 Å². The average Bonchev–Trinajstić information content (AvgIpc) is 3.12. The van der Waals surface area contributed by atoms with Crippen LogP contribution in [0.5, 0.6) is 11.5 Å². The van der Waals surface area contributed by atoms with Crippen LogP contribution in [0.15, 0.2) is 54.6 Å². The molecule has 2 atom stereocenters. The fourth-order valence-electron chi connectivity index (χ4n) is 13.5. The zero-order valence-electron chi connectivity index (χ0n) is 30.2. The van der Waals surface area contributed by atoms with Gasteiger partial charge in [-0.25, -0.2) is 0 Å². The predicted octanol–water partition coefficient (Wildman–Crippen LogP) is 12.7. The van der Waals surface area contributed by atoms with E-state index in [2.05, 4.69) is 61.5 Å². The van der Waals surface area contributed by atoms with Crippen molar-refractivity contribution in [3.05, 3.63) is 93.5 Å². The van der Waals surface area contributed by atoms with E-state index in [4.69, 9.17) is 0 Å². The zero-order valence-corrected chi connectivity index (χ0v) is 30.2. The molecule has 3 aromatic carbocycles. The lowest BCUT2D eigenvalue weighted by molar-refractivity contribution is -0.0494. The summed E-state index contributed by atoms with van der Waals surface area (Å²) in [4.78, 5) is 0. The average molecular weight is 657 g/mol. The van der Waals surface area contributed by atoms with Gasteiger partial charge in [0.05, 0.1) is 0 Å². The minimum atomic E-state index is 0.106. The molecule has 0 spiro atoms. The monoisotopic (exact) mass is 656 g/mol. The topological polar surface area (TPSA) is 40.5 Å². The van der Waals surface area contributed by atoms with Gasteiger partial charge in [-0.05, 0) is 175 Å². The maximum atomic E-state index is 11.3. The minimum absolute atomic E-state index is 0.106. The smallest absolute Gasteiger partial charge is 0.119 e. The number of rotatable bonds is 6. The molecule has 260 valence electrons. The number of phenolic OH excluding ortho intramolecular Hbond substituents is 2. The van der Waals surface area contributed by atoms with Gasteiger partial charge in [-0.2, -0.15) is 0 Å². The second-order valence-electron chi connectivity index (χ2n) is 18.5. The lowest BCUT2D eigenvalue weighted by Crippen LogP contribution is -2.62. The lowest BCUT2D eigenvalue weighted by Gasteiger charge is -2.67. The first-order valence-electron chi connectivity index (χ1n) is 20.6. The van der Waals surface area contributed by atoms with Crippen LogP contribution in [0.4, 0.5) is 0 Å². The third kappa shape index (κ3) is 5.57. The highest BCUT2D eigenvalue weighted by atomic mass is 16.3.